The highest BCUT2D eigenvalue weighted by atomic mass is 32.2. The van der Waals surface area contributed by atoms with Gasteiger partial charge in [0.15, 0.2) is 0 Å². The molecule has 0 atom stereocenters. The van der Waals surface area contributed by atoms with Gasteiger partial charge in [0.2, 0.25) is 5.91 Å². The molecule has 3 rings (SSSR count). The van der Waals surface area contributed by atoms with Gasteiger partial charge in [-0.15, -0.1) is 9.19 Å². The molecule has 0 saturated heterocycles. The third-order valence-electron chi connectivity index (χ3n) is 3.66. The zero-order valence-electron chi connectivity index (χ0n) is 13.4. The molecule has 1 aromatic heterocycles. The van der Waals surface area contributed by atoms with Gasteiger partial charge >= 0.3 is 0 Å². The Morgan fingerprint density at radius 3 is 2.54 bits per heavy atom. The molecular weight excluding hydrogens is 328 g/mol. The predicted octanol–water partition coefficient (Wildman–Crippen LogP) is 2.24. The molecule has 3 aromatic rings. The van der Waals surface area contributed by atoms with Crippen LogP contribution < -0.4 is 5.32 Å². The summed E-state index contributed by atoms with van der Waals surface area (Å²) in [5.41, 5.74) is 2.70. The van der Waals surface area contributed by atoms with Crippen molar-refractivity contribution in [3.8, 4) is 0 Å². The number of aryl methyl sites for hydroxylation is 2. The minimum Gasteiger partial charge on any atom is -0.326 e. The summed E-state index contributed by atoms with van der Waals surface area (Å²) in [4.78, 5) is 11.4. The molecule has 0 radical (unpaired) electrons. The average Bonchev–Trinajstić information content (AvgIpc) is 2.94. The lowest BCUT2D eigenvalue weighted by Crippen LogP contribution is -2.17. The number of nitrogens with zero attached hydrogens (tertiary/aromatic N) is 3. The van der Waals surface area contributed by atoms with E-state index in [2.05, 4.69) is 15.6 Å². The van der Waals surface area contributed by atoms with E-state index in [0.717, 1.165) is 9.65 Å². The van der Waals surface area contributed by atoms with Gasteiger partial charge < -0.3 is 5.32 Å². The molecule has 124 valence electrons. The van der Waals surface area contributed by atoms with Gasteiger partial charge in [-0.2, -0.15) is 8.42 Å². The third kappa shape index (κ3) is 2.65. The normalized spacial score (nSPS) is 11.6. The van der Waals surface area contributed by atoms with Crippen LogP contribution in [0.15, 0.2) is 41.3 Å². The lowest BCUT2D eigenvalue weighted by atomic mass is 10.1. The molecule has 7 nitrogen and oxygen atoms in total. The second-order valence-electron chi connectivity index (χ2n) is 5.54. The Bertz CT molecular complexity index is 1050. The number of hydrogen-bond donors (Lipinski definition) is 1. The minimum atomic E-state index is -3.94. The maximum Gasteiger partial charge on any atom is 0.285 e. The maximum atomic E-state index is 13.0. The van der Waals surface area contributed by atoms with Crippen molar-refractivity contribution in [2.45, 2.75) is 25.7 Å². The topological polar surface area (TPSA) is 94.0 Å². The second-order valence-corrected chi connectivity index (χ2v) is 7.28. The first-order valence-corrected chi connectivity index (χ1v) is 8.69. The summed E-state index contributed by atoms with van der Waals surface area (Å²) in [6.07, 6.45) is 0. The quantitative estimate of drug-likeness (QED) is 0.786. The maximum absolute atomic E-state index is 13.0. The molecule has 2 aromatic carbocycles. The van der Waals surface area contributed by atoms with Crippen molar-refractivity contribution in [3.05, 3.63) is 47.5 Å². The van der Waals surface area contributed by atoms with Gasteiger partial charge in [0.25, 0.3) is 10.0 Å². The van der Waals surface area contributed by atoms with Gasteiger partial charge in [-0.1, -0.05) is 23.4 Å². The number of anilines is 1. The number of nitrogens with one attached hydrogen (secondary N) is 1. The van der Waals surface area contributed by atoms with Crippen molar-refractivity contribution in [1.29, 1.82) is 0 Å². The standard InChI is InChI=1S/C16H16N4O3S/c1-10-8-11(2)16(9-14(10)17-12(3)21)24(22,23)20-15-7-5-4-6-13(15)18-19-20/h4-9H,1-3H3,(H,17,21). The average molecular weight is 344 g/mol. The number of fused-ring (bicyclic) bond motifs is 1. The van der Waals surface area contributed by atoms with Gasteiger partial charge in [-0.05, 0) is 43.2 Å². The van der Waals surface area contributed by atoms with Crippen LogP contribution >= 0.6 is 0 Å². The predicted molar refractivity (Wildman–Crippen MR) is 90.3 cm³/mol. The summed E-state index contributed by atoms with van der Waals surface area (Å²) in [5, 5.41) is 10.3. The van der Waals surface area contributed by atoms with Gasteiger partial charge in [0, 0.05) is 12.6 Å². The fourth-order valence-electron chi connectivity index (χ4n) is 2.55. The number of aromatic nitrogens is 3. The Balaban J connectivity index is 2.21. The second kappa shape index (κ2) is 5.72. The smallest absolute Gasteiger partial charge is 0.285 e. The zero-order chi connectivity index (χ0) is 17.5. The Hall–Kier alpha value is -2.74. The van der Waals surface area contributed by atoms with Crippen LogP contribution in [0.25, 0.3) is 11.0 Å². The van der Waals surface area contributed by atoms with Crippen molar-refractivity contribution in [2.75, 3.05) is 5.32 Å². The van der Waals surface area contributed by atoms with E-state index in [1.807, 2.05) is 0 Å². The molecule has 0 aliphatic heterocycles. The molecule has 8 heteroatoms. The van der Waals surface area contributed by atoms with Gasteiger partial charge in [0.1, 0.15) is 11.0 Å². The van der Waals surface area contributed by atoms with Crippen LogP contribution in [0, 0.1) is 13.8 Å². The Morgan fingerprint density at radius 2 is 1.83 bits per heavy atom. The van der Waals surface area contributed by atoms with E-state index in [-0.39, 0.29) is 10.8 Å². The third-order valence-corrected chi connectivity index (χ3v) is 5.38. The Labute approximate surface area is 139 Å². The number of hydrogen-bond acceptors (Lipinski definition) is 5. The zero-order valence-corrected chi connectivity index (χ0v) is 14.3. The molecule has 1 heterocycles. The number of amides is 1. The van der Waals surface area contributed by atoms with Crippen molar-refractivity contribution < 1.29 is 13.2 Å². The first-order chi connectivity index (χ1) is 11.3. The lowest BCUT2D eigenvalue weighted by Gasteiger charge is -2.13. The van der Waals surface area contributed by atoms with Crippen molar-refractivity contribution >= 4 is 32.7 Å². The van der Waals surface area contributed by atoms with Gasteiger partial charge in [0.05, 0.1) is 4.90 Å². The summed E-state index contributed by atoms with van der Waals surface area (Å²) < 4.78 is 27.0. The molecule has 1 amide bonds. The minimum absolute atomic E-state index is 0.0764. The summed E-state index contributed by atoms with van der Waals surface area (Å²) in [6.45, 7) is 4.88. The van der Waals surface area contributed by atoms with Crippen LogP contribution in [0.4, 0.5) is 5.69 Å². The highest BCUT2D eigenvalue weighted by Crippen LogP contribution is 2.27. The van der Waals surface area contributed by atoms with E-state index in [4.69, 9.17) is 0 Å². The van der Waals surface area contributed by atoms with Crippen molar-refractivity contribution in [1.82, 2.24) is 14.4 Å². The van der Waals surface area contributed by atoms with Crippen LogP contribution in [0.1, 0.15) is 18.1 Å². The summed E-state index contributed by atoms with van der Waals surface area (Å²) >= 11 is 0. The van der Waals surface area contributed by atoms with Crippen LogP contribution in [0.3, 0.4) is 0 Å². The van der Waals surface area contributed by atoms with Crippen LogP contribution in [0.2, 0.25) is 0 Å². The number of para-hydroxylation sites is 1. The number of carbonyl (C=O) groups excluding carboxylic acids is 1. The number of rotatable bonds is 3. The van der Waals surface area contributed by atoms with E-state index < -0.39 is 10.0 Å². The number of benzene rings is 2. The molecule has 0 spiro atoms. The van der Waals surface area contributed by atoms with Crippen molar-refractivity contribution in [3.63, 3.8) is 0 Å². The fraction of sp³-hybridized carbons (Fsp3) is 0.188. The van der Waals surface area contributed by atoms with E-state index in [9.17, 15) is 13.2 Å². The van der Waals surface area contributed by atoms with E-state index in [1.165, 1.54) is 13.0 Å². The molecule has 0 aliphatic carbocycles. The molecule has 0 saturated carbocycles. The molecule has 0 aliphatic rings. The Kier molecular flexibility index (Phi) is 3.84. The van der Waals surface area contributed by atoms with Crippen molar-refractivity contribution in [2.24, 2.45) is 0 Å². The number of carbonyl (C=O) groups is 1. The first kappa shape index (κ1) is 16.1. The first-order valence-electron chi connectivity index (χ1n) is 7.25. The molecule has 24 heavy (non-hydrogen) atoms. The van der Waals surface area contributed by atoms with E-state index >= 15 is 0 Å². The lowest BCUT2D eigenvalue weighted by molar-refractivity contribution is -0.114. The van der Waals surface area contributed by atoms with Crippen LogP contribution in [0.5, 0.6) is 0 Å². The molecule has 0 unspecified atom stereocenters. The summed E-state index contributed by atoms with van der Waals surface area (Å²) in [6, 6.07) is 10.0. The SMILES string of the molecule is CC(=O)Nc1cc(S(=O)(=O)n2nnc3ccccc32)c(C)cc1C. The van der Waals surface area contributed by atoms with E-state index in [0.29, 0.717) is 22.3 Å². The monoisotopic (exact) mass is 344 g/mol. The summed E-state index contributed by atoms with van der Waals surface area (Å²) in [5.74, 6) is -0.267. The highest BCUT2D eigenvalue weighted by molar-refractivity contribution is 7.90. The molecular formula is C16H16N4O3S. The fourth-order valence-corrected chi connectivity index (χ4v) is 4.02. The highest BCUT2D eigenvalue weighted by Gasteiger charge is 2.24. The Morgan fingerprint density at radius 1 is 1.12 bits per heavy atom. The summed E-state index contributed by atoms with van der Waals surface area (Å²) in [7, 11) is -3.94. The van der Waals surface area contributed by atoms with E-state index in [1.54, 1.807) is 44.2 Å². The van der Waals surface area contributed by atoms with Gasteiger partial charge in [-0.3, -0.25) is 4.79 Å². The molecule has 0 fully saturated rings. The van der Waals surface area contributed by atoms with Crippen LogP contribution in [-0.2, 0) is 14.8 Å². The van der Waals surface area contributed by atoms with Gasteiger partial charge in [-0.25, -0.2) is 0 Å². The largest absolute Gasteiger partial charge is 0.326 e. The molecule has 0 bridgehead atoms. The van der Waals surface area contributed by atoms with Crippen LogP contribution in [-0.4, -0.2) is 28.7 Å². The molecule has 1 N–H and O–H groups in total.